The van der Waals surface area contributed by atoms with Crippen LogP contribution in [0.5, 0.6) is 0 Å². The minimum atomic E-state index is -0.949. The minimum Gasteiger partial charge on any atom is -0.374 e. The standard InChI is InChI=1S/C29H42N4O5/c1-29(2,30)21-38-20-26(34)32(4)25(19-37-18-23-14-10-7-11-15-23)28(36)33(5)24(27(35)31-3)17-16-22-12-8-6-9-13-22/h6-15,24-25H,16-21,30H2,1-5H3,(H,31,35)/t24-,25-/m1/s1. The summed E-state index contributed by atoms with van der Waals surface area (Å²) in [6.45, 7) is 3.80. The summed E-state index contributed by atoms with van der Waals surface area (Å²) >= 11 is 0. The average molecular weight is 527 g/mol. The zero-order chi connectivity index (χ0) is 28.1. The van der Waals surface area contributed by atoms with Crippen molar-refractivity contribution in [3.63, 3.8) is 0 Å². The third-order valence-corrected chi connectivity index (χ3v) is 6.15. The van der Waals surface area contributed by atoms with E-state index in [0.717, 1.165) is 11.1 Å². The maximum absolute atomic E-state index is 13.7. The lowest BCUT2D eigenvalue weighted by atomic mass is 10.0. The van der Waals surface area contributed by atoms with E-state index >= 15 is 0 Å². The van der Waals surface area contributed by atoms with Gasteiger partial charge >= 0.3 is 0 Å². The van der Waals surface area contributed by atoms with Crippen molar-refractivity contribution in [2.45, 2.75) is 50.9 Å². The number of nitrogens with two attached hydrogens (primary N) is 1. The molecule has 2 atom stereocenters. The molecule has 0 fully saturated rings. The Kier molecular flexibility index (Phi) is 12.4. The molecular weight excluding hydrogens is 484 g/mol. The van der Waals surface area contributed by atoms with Gasteiger partial charge in [0.25, 0.3) is 0 Å². The van der Waals surface area contributed by atoms with Gasteiger partial charge in [0.2, 0.25) is 17.7 Å². The van der Waals surface area contributed by atoms with Crippen molar-refractivity contribution in [3.8, 4) is 0 Å². The fraction of sp³-hybridized carbons (Fsp3) is 0.483. The van der Waals surface area contributed by atoms with Crippen LogP contribution in [-0.4, -0.2) is 86.1 Å². The number of amides is 3. The Balaban J connectivity index is 2.17. The van der Waals surface area contributed by atoms with Crippen molar-refractivity contribution in [1.82, 2.24) is 15.1 Å². The summed E-state index contributed by atoms with van der Waals surface area (Å²) in [5, 5.41) is 2.66. The molecule has 2 aromatic carbocycles. The maximum Gasteiger partial charge on any atom is 0.249 e. The second-order valence-corrected chi connectivity index (χ2v) is 10.1. The Bertz CT molecular complexity index is 1010. The molecule has 0 aliphatic carbocycles. The van der Waals surface area contributed by atoms with Crippen LogP contribution in [-0.2, 0) is 36.9 Å². The van der Waals surface area contributed by atoms with Gasteiger partial charge in [0.05, 0.1) is 19.8 Å². The van der Waals surface area contributed by atoms with Crippen molar-refractivity contribution >= 4 is 17.7 Å². The van der Waals surface area contributed by atoms with Crippen molar-refractivity contribution in [3.05, 3.63) is 71.8 Å². The van der Waals surface area contributed by atoms with Gasteiger partial charge in [-0.15, -0.1) is 0 Å². The average Bonchev–Trinajstić information content (AvgIpc) is 2.90. The summed E-state index contributed by atoms with van der Waals surface area (Å²) in [4.78, 5) is 42.2. The van der Waals surface area contributed by atoms with E-state index in [2.05, 4.69) is 5.32 Å². The monoisotopic (exact) mass is 526 g/mol. The molecule has 0 aromatic heterocycles. The lowest BCUT2D eigenvalue weighted by Gasteiger charge is -2.34. The molecule has 9 nitrogen and oxygen atoms in total. The first-order chi connectivity index (χ1) is 18.0. The van der Waals surface area contributed by atoms with Gasteiger partial charge in [0.15, 0.2) is 0 Å². The van der Waals surface area contributed by atoms with Gasteiger partial charge in [-0.25, -0.2) is 0 Å². The van der Waals surface area contributed by atoms with Gasteiger partial charge in [0, 0.05) is 26.7 Å². The lowest BCUT2D eigenvalue weighted by molar-refractivity contribution is -0.152. The van der Waals surface area contributed by atoms with E-state index in [1.165, 1.54) is 9.80 Å². The van der Waals surface area contributed by atoms with Gasteiger partial charge < -0.3 is 30.3 Å². The van der Waals surface area contributed by atoms with Crippen LogP contribution in [0, 0.1) is 0 Å². The fourth-order valence-electron chi connectivity index (χ4n) is 3.89. The van der Waals surface area contributed by atoms with Crippen LogP contribution in [0.2, 0.25) is 0 Å². The molecule has 0 heterocycles. The zero-order valence-electron chi connectivity index (χ0n) is 23.2. The molecule has 3 N–H and O–H groups in total. The quantitative estimate of drug-likeness (QED) is 0.367. The summed E-state index contributed by atoms with van der Waals surface area (Å²) in [7, 11) is 4.67. The topological polar surface area (TPSA) is 114 Å². The number of likely N-dealkylation sites (N-methyl/N-ethyl adjacent to an activating group) is 3. The van der Waals surface area contributed by atoms with E-state index in [1.54, 1.807) is 35.0 Å². The van der Waals surface area contributed by atoms with E-state index in [4.69, 9.17) is 15.2 Å². The molecule has 0 bridgehead atoms. The Morgan fingerprint density at radius 2 is 1.47 bits per heavy atom. The zero-order valence-corrected chi connectivity index (χ0v) is 23.2. The molecule has 3 amide bonds. The number of ether oxygens (including phenoxy) is 2. The predicted molar refractivity (Wildman–Crippen MR) is 147 cm³/mol. The van der Waals surface area contributed by atoms with Crippen LogP contribution in [0.4, 0.5) is 0 Å². The third kappa shape index (κ3) is 10.2. The highest BCUT2D eigenvalue weighted by Crippen LogP contribution is 2.14. The highest BCUT2D eigenvalue weighted by Gasteiger charge is 2.34. The first kappa shape index (κ1) is 31.0. The van der Waals surface area contributed by atoms with Crippen LogP contribution in [0.1, 0.15) is 31.4 Å². The van der Waals surface area contributed by atoms with E-state index in [1.807, 2.05) is 60.7 Å². The second-order valence-electron chi connectivity index (χ2n) is 10.1. The second kappa shape index (κ2) is 15.2. The van der Waals surface area contributed by atoms with Gasteiger partial charge in [0.1, 0.15) is 18.7 Å². The number of hydrogen-bond donors (Lipinski definition) is 2. The van der Waals surface area contributed by atoms with Crippen molar-refractivity contribution in [2.24, 2.45) is 5.73 Å². The van der Waals surface area contributed by atoms with Gasteiger partial charge in [-0.3, -0.25) is 14.4 Å². The van der Waals surface area contributed by atoms with Gasteiger partial charge in [-0.2, -0.15) is 0 Å². The Hall–Kier alpha value is -3.27. The van der Waals surface area contributed by atoms with E-state index in [-0.39, 0.29) is 38.2 Å². The summed E-state index contributed by atoms with van der Waals surface area (Å²) in [5.74, 6) is -1.05. The molecule has 0 saturated heterocycles. The molecule has 2 rings (SSSR count). The molecule has 38 heavy (non-hydrogen) atoms. The van der Waals surface area contributed by atoms with Crippen LogP contribution in [0.3, 0.4) is 0 Å². The molecule has 0 saturated carbocycles. The molecular formula is C29H42N4O5. The van der Waals surface area contributed by atoms with Gasteiger partial charge in [-0.05, 0) is 37.8 Å². The van der Waals surface area contributed by atoms with Crippen LogP contribution in [0.25, 0.3) is 0 Å². The maximum atomic E-state index is 13.7. The van der Waals surface area contributed by atoms with Crippen LogP contribution < -0.4 is 11.1 Å². The number of benzene rings is 2. The lowest BCUT2D eigenvalue weighted by Crippen LogP contribution is -2.56. The predicted octanol–water partition coefficient (Wildman–Crippen LogP) is 1.99. The number of nitrogens with zero attached hydrogens (tertiary/aromatic N) is 2. The van der Waals surface area contributed by atoms with Crippen LogP contribution >= 0.6 is 0 Å². The minimum absolute atomic E-state index is 0.0398. The molecule has 0 radical (unpaired) electrons. The highest BCUT2D eigenvalue weighted by atomic mass is 16.5. The number of nitrogens with one attached hydrogen (secondary N) is 1. The van der Waals surface area contributed by atoms with Crippen LogP contribution in [0.15, 0.2) is 60.7 Å². The number of aryl methyl sites for hydroxylation is 1. The first-order valence-corrected chi connectivity index (χ1v) is 12.8. The molecule has 208 valence electrons. The fourth-order valence-corrected chi connectivity index (χ4v) is 3.89. The Morgan fingerprint density at radius 3 is 2.03 bits per heavy atom. The van der Waals surface area contributed by atoms with E-state index in [0.29, 0.717) is 12.8 Å². The largest absolute Gasteiger partial charge is 0.374 e. The smallest absolute Gasteiger partial charge is 0.249 e. The third-order valence-electron chi connectivity index (χ3n) is 6.15. The number of carbonyl (C=O) groups excluding carboxylic acids is 3. The van der Waals surface area contributed by atoms with E-state index < -0.39 is 23.5 Å². The molecule has 2 aromatic rings. The first-order valence-electron chi connectivity index (χ1n) is 12.8. The normalized spacial score (nSPS) is 12.9. The van der Waals surface area contributed by atoms with Crippen molar-refractivity contribution < 1.29 is 23.9 Å². The molecule has 0 aliphatic rings. The summed E-state index contributed by atoms with van der Waals surface area (Å²) in [5.41, 5.74) is 7.36. The Labute approximate surface area is 226 Å². The molecule has 9 heteroatoms. The van der Waals surface area contributed by atoms with Crippen molar-refractivity contribution in [2.75, 3.05) is 41.0 Å². The Morgan fingerprint density at radius 1 is 0.895 bits per heavy atom. The van der Waals surface area contributed by atoms with E-state index in [9.17, 15) is 14.4 Å². The molecule has 0 unspecified atom stereocenters. The van der Waals surface area contributed by atoms with Crippen molar-refractivity contribution in [1.29, 1.82) is 0 Å². The SMILES string of the molecule is CNC(=O)[C@@H](CCc1ccccc1)N(C)C(=O)[C@@H](COCc1ccccc1)N(C)C(=O)COCC(C)(C)N. The molecule has 0 aliphatic heterocycles. The number of hydrogen-bond acceptors (Lipinski definition) is 6. The van der Waals surface area contributed by atoms with Gasteiger partial charge in [-0.1, -0.05) is 60.7 Å². The summed E-state index contributed by atoms with van der Waals surface area (Å²) < 4.78 is 11.4. The number of rotatable bonds is 15. The summed E-state index contributed by atoms with van der Waals surface area (Å²) in [6.07, 6.45) is 1.04. The number of carbonyl (C=O) groups is 3. The summed E-state index contributed by atoms with van der Waals surface area (Å²) in [6, 6.07) is 17.7. The molecule has 0 spiro atoms. The highest BCUT2D eigenvalue weighted by molar-refractivity contribution is 5.92.